The van der Waals surface area contributed by atoms with Crippen LogP contribution in [0.4, 0.5) is 5.69 Å². The standard InChI is InChI=1S/C17H27N3O3S/c1-3-12(2)20-24(22,23)16-9-5-8-15(11-16)19-17(21)13-6-4-7-14(18)10-13/h5,8-9,11-14,20H,3-4,6-7,10,18H2,1-2H3,(H,19,21). The fourth-order valence-electron chi connectivity index (χ4n) is 2.87. The molecule has 1 fully saturated rings. The van der Waals surface area contributed by atoms with Crippen LogP contribution >= 0.6 is 0 Å². The van der Waals surface area contributed by atoms with Gasteiger partial charge in [0, 0.05) is 23.7 Å². The Hall–Kier alpha value is -1.44. The van der Waals surface area contributed by atoms with Crippen LogP contribution < -0.4 is 15.8 Å². The van der Waals surface area contributed by atoms with Gasteiger partial charge in [-0.1, -0.05) is 19.4 Å². The second kappa shape index (κ2) is 8.09. The van der Waals surface area contributed by atoms with Crippen LogP contribution in [0.1, 0.15) is 46.0 Å². The van der Waals surface area contributed by atoms with Crippen molar-refractivity contribution in [2.75, 3.05) is 5.32 Å². The van der Waals surface area contributed by atoms with Gasteiger partial charge in [0.25, 0.3) is 0 Å². The van der Waals surface area contributed by atoms with Crippen molar-refractivity contribution in [2.24, 2.45) is 11.7 Å². The van der Waals surface area contributed by atoms with Crippen molar-refractivity contribution in [2.45, 2.75) is 62.9 Å². The summed E-state index contributed by atoms with van der Waals surface area (Å²) in [5.41, 5.74) is 6.42. The van der Waals surface area contributed by atoms with Crippen molar-refractivity contribution >= 4 is 21.6 Å². The third-order valence-corrected chi connectivity index (χ3v) is 6.05. The van der Waals surface area contributed by atoms with Crippen LogP contribution in [-0.2, 0) is 14.8 Å². The summed E-state index contributed by atoms with van der Waals surface area (Å²) in [6, 6.07) is 6.27. The van der Waals surface area contributed by atoms with E-state index in [0.29, 0.717) is 18.5 Å². The maximum atomic E-state index is 12.4. The molecule has 3 atom stereocenters. The molecule has 6 nitrogen and oxygen atoms in total. The zero-order valence-electron chi connectivity index (χ0n) is 14.3. The highest BCUT2D eigenvalue weighted by molar-refractivity contribution is 7.89. The summed E-state index contributed by atoms with van der Waals surface area (Å²) in [7, 11) is -3.58. The van der Waals surface area contributed by atoms with E-state index in [2.05, 4.69) is 10.0 Å². The van der Waals surface area contributed by atoms with Gasteiger partial charge in [0.2, 0.25) is 15.9 Å². The molecule has 1 saturated carbocycles. The van der Waals surface area contributed by atoms with E-state index in [1.807, 2.05) is 13.8 Å². The highest BCUT2D eigenvalue weighted by Gasteiger charge is 2.25. The minimum Gasteiger partial charge on any atom is -0.328 e. The van der Waals surface area contributed by atoms with E-state index in [4.69, 9.17) is 5.73 Å². The number of anilines is 1. The summed E-state index contributed by atoms with van der Waals surface area (Å²) < 4.78 is 27.3. The lowest BCUT2D eigenvalue weighted by molar-refractivity contribution is -0.120. The molecule has 1 aliphatic rings. The van der Waals surface area contributed by atoms with E-state index < -0.39 is 10.0 Å². The molecule has 0 saturated heterocycles. The monoisotopic (exact) mass is 353 g/mol. The maximum Gasteiger partial charge on any atom is 0.240 e. The largest absolute Gasteiger partial charge is 0.328 e. The number of hydrogen-bond acceptors (Lipinski definition) is 4. The van der Waals surface area contributed by atoms with Crippen molar-refractivity contribution in [3.8, 4) is 0 Å². The average Bonchev–Trinajstić information content (AvgIpc) is 2.54. The Labute approximate surface area is 144 Å². The SMILES string of the molecule is CCC(C)NS(=O)(=O)c1cccc(NC(=O)C2CCCC(N)C2)c1. The predicted octanol–water partition coefficient (Wildman–Crippen LogP) is 2.22. The van der Waals surface area contributed by atoms with E-state index in [1.54, 1.807) is 12.1 Å². The first-order valence-electron chi connectivity index (χ1n) is 8.50. The zero-order chi connectivity index (χ0) is 17.7. The topological polar surface area (TPSA) is 101 Å². The molecule has 0 heterocycles. The van der Waals surface area contributed by atoms with E-state index in [9.17, 15) is 13.2 Å². The van der Waals surface area contributed by atoms with Gasteiger partial charge in [-0.25, -0.2) is 13.1 Å². The van der Waals surface area contributed by atoms with Gasteiger partial charge < -0.3 is 11.1 Å². The van der Waals surface area contributed by atoms with Crippen LogP contribution in [0.15, 0.2) is 29.2 Å². The van der Waals surface area contributed by atoms with E-state index in [0.717, 1.165) is 19.3 Å². The molecule has 3 unspecified atom stereocenters. The lowest BCUT2D eigenvalue weighted by Crippen LogP contribution is -2.34. The molecule has 0 spiro atoms. The molecule has 1 amide bonds. The Morgan fingerprint density at radius 1 is 1.38 bits per heavy atom. The third kappa shape index (κ3) is 5.03. The summed E-state index contributed by atoms with van der Waals surface area (Å²) in [4.78, 5) is 12.5. The van der Waals surface area contributed by atoms with Crippen molar-refractivity contribution in [1.29, 1.82) is 0 Å². The third-order valence-electron chi connectivity index (χ3n) is 4.47. The van der Waals surface area contributed by atoms with Gasteiger partial charge in [-0.2, -0.15) is 0 Å². The number of amides is 1. The number of carbonyl (C=O) groups excluding carboxylic acids is 1. The van der Waals surface area contributed by atoms with Gasteiger partial charge in [0.15, 0.2) is 0 Å². The van der Waals surface area contributed by atoms with Crippen molar-refractivity contribution in [3.63, 3.8) is 0 Å². The number of benzene rings is 1. The van der Waals surface area contributed by atoms with Crippen LogP contribution in [0.2, 0.25) is 0 Å². The van der Waals surface area contributed by atoms with E-state index in [1.165, 1.54) is 12.1 Å². The fraction of sp³-hybridized carbons (Fsp3) is 0.588. The molecule has 2 rings (SSSR count). The quantitative estimate of drug-likeness (QED) is 0.730. The molecule has 0 aromatic heterocycles. The van der Waals surface area contributed by atoms with Crippen LogP contribution in [0.25, 0.3) is 0 Å². The van der Waals surface area contributed by atoms with Gasteiger partial charge in [-0.15, -0.1) is 0 Å². The maximum absolute atomic E-state index is 12.4. The zero-order valence-corrected chi connectivity index (χ0v) is 15.1. The number of carbonyl (C=O) groups is 1. The van der Waals surface area contributed by atoms with Crippen LogP contribution in [0.5, 0.6) is 0 Å². The molecule has 0 radical (unpaired) electrons. The number of nitrogens with one attached hydrogen (secondary N) is 2. The molecule has 1 aromatic rings. The normalized spacial score (nSPS) is 22.8. The fourth-order valence-corrected chi connectivity index (χ4v) is 4.24. The molecule has 24 heavy (non-hydrogen) atoms. The Morgan fingerprint density at radius 2 is 2.12 bits per heavy atom. The highest BCUT2D eigenvalue weighted by Crippen LogP contribution is 2.25. The Kier molecular flexibility index (Phi) is 6.37. The van der Waals surface area contributed by atoms with Gasteiger partial charge in [-0.05, 0) is 50.8 Å². The van der Waals surface area contributed by atoms with E-state index >= 15 is 0 Å². The van der Waals surface area contributed by atoms with Crippen LogP contribution in [-0.4, -0.2) is 26.4 Å². The molecule has 1 aliphatic carbocycles. The molecule has 4 N–H and O–H groups in total. The van der Waals surface area contributed by atoms with Gasteiger partial charge in [-0.3, -0.25) is 4.79 Å². The number of rotatable bonds is 6. The summed E-state index contributed by atoms with van der Waals surface area (Å²) in [5, 5.41) is 2.83. The van der Waals surface area contributed by atoms with Crippen LogP contribution in [0.3, 0.4) is 0 Å². The Balaban J connectivity index is 2.08. The Morgan fingerprint density at radius 3 is 2.79 bits per heavy atom. The molecule has 1 aromatic carbocycles. The number of nitrogens with two attached hydrogens (primary N) is 1. The van der Waals surface area contributed by atoms with Gasteiger partial charge in [0.1, 0.15) is 0 Å². The van der Waals surface area contributed by atoms with Crippen molar-refractivity contribution in [3.05, 3.63) is 24.3 Å². The molecule has 7 heteroatoms. The lowest BCUT2D eigenvalue weighted by Gasteiger charge is -2.25. The summed E-state index contributed by atoms with van der Waals surface area (Å²) in [5.74, 6) is -0.193. The Bertz CT molecular complexity index is 675. The second-order valence-corrected chi connectivity index (χ2v) is 8.29. The minimum atomic E-state index is -3.58. The van der Waals surface area contributed by atoms with Crippen molar-refractivity contribution in [1.82, 2.24) is 4.72 Å². The molecule has 0 aliphatic heterocycles. The van der Waals surface area contributed by atoms with Gasteiger partial charge >= 0.3 is 0 Å². The first kappa shape index (κ1) is 18.9. The molecule has 134 valence electrons. The number of hydrogen-bond donors (Lipinski definition) is 3. The molecular formula is C17H27N3O3S. The summed E-state index contributed by atoms with van der Waals surface area (Å²) in [6.07, 6.45) is 4.12. The summed E-state index contributed by atoms with van der Waals surface area (Å²) in [6.45, 7) is 3.73. The first-order chi connectivity index (χ1) is 11.3. The minimum absolute atomic E-state index is 0.0703. The first-order valence-corrected chi connectivity index (χ1v) is 9.99. The van der Waals surface area contributed by atoms with E-state index in [-0.39, 0.29) is 28.8 Å². The summed E-state index contributed by atoms with van der Waals surface area (Å²) >= 11 is 0. The molecule has 0 bridgehead atoms. The van der Waals surface area contributed by atoms with Crippen LogP contribution in [0, 0.1) is 5.92 Å². The van der Waals surface area contributed by atoms with Crippen molar-refractivity contribution < 1.29 is 13.2 Å². The average molecular weight is 353 g/mol. The lowest BCUT2D eigenvalue weighted by atomic mass is 9.85. The number of sulfonamides is 1. The highest BCUT2D eigenvalue weighted by atomic mass is 32.2. The smallest absolute Gasteiger partial charge is 0.240 e. The second-order valence-electron chi connectivity index (χ2n) is 6.57. The molecular weight excluding hydrogens is 326 g/mol. The predicted molar refractivity (Wildman–Crippen MR) is 95.1 cm³/mol. The van der Waals surface area contributed by atoms with Gasteiger partial charge in [0.05, 0.1) is 4.90 Å².